The van der Waals surface area contributed by atoms with Gasteiger partial charge in [0.25, 0.3) is 5.91 Å². The molecule has 1 N–H and O–H groups in total. The maximum Gasteiger partial charge on any atom is 0.277 e. The molecule has 0 spiro atoms. The van der Waals surface area contributed by atoms with Crippen LogP contribution in [0.15, 0.2) is 62.6 Å². The van der Waals surface area contributed by atoms with Crippen LogP contribution in [0.5, 0.6) is 11.5 Å². The van der Waals surface area contributed by atoms with Crippen LogP contribution in [-0.2, 0) is 4.79 Å². The number of rotatable bonds is 7. The normalized spacial score (nSPS) is 11.5. The first kappa shape index (κ1) is 20.2. The van der Waals surface area contributed by atoms with Crippen molar-refractivity contribution >= 4 is 49.6 Å². The molecule has 26 heavy (non-hydrogen) atoms. The van der Waals surface area contributed by atoms with Gasteiger partial charge in [-0.15, -0.1) is 0 Å². The van der Waals surface area contributed by atoms with Crippen molar-refractivity contribution in [3.63, 3.8) is 0 Å². The number of benzene rings is 2. The first-order chi connectivity index (χ1) is 12.5. The Bertz CT molecular complexity index is 821. The fraction of sp³-hybridized carbons (Fsp3) is 0.158. The minimum atomic E-state index is -0.366. The number of hydrazone groups is 1. The molecule has 0 saturated heterocycles. The molecule has 0 aliphatic rings. The third-order valence-corrected chi connectivity index (χ3v) is 4.26. The highest BCUT2D eigenvalue weighted by Crippen LogP contribution is 2.38. The summed E-state index contributed by atoms with van der Waals surface area (Å²) >= 11 is 6.76. The first-order valence-electron chi connectivity index (χ1n) is 7.71. The molecule has 0 heterocycles. The summed E-state index contributed by atoms with van der Waals surface area (Å²) in [5, 5.41) is 4.03. The van der Waals surface area contributed by atoms with E-state index in [1.54, 1.807) is 13.0 Å². The van der Waals surface area contributed by atoms with Crippen molar-refractivity contribution in [1.29, 1.82) is 0 Å². The highest BCUT2D eigenvalue weighted by Gasteiger charge is 2.12. The number of carbonyl (C=O) groups excluding carboxylic acids is 1. The molecular weight excluding hydrogens is 464 g/mol. The Hall–Kier alpha value is -2.12. The van der Waals surface area contributed by atoms with Gasteiger partial charge in [-0.2, -0.15) is 5.10 Å². The summed E-state index contributed by atoms with van der Waals surface area (Å²) in [6.45, 7) is 1.62. The van der Waals surface area contributed by atoms with Crippen molar-refractivity contribution in [1.82, 2.24) is 5.43 Å². The molecule has 0 saturated carbocycles. The van der Waals surface area contributed by atoms with Crippen LogP contribution in [0.3, 0.4) is 0 Å². The maximum atomic E-state index is 11.9. The van der Waals surface area contributed by atoms with Crippen molar-refractivity contribution in [3.05, 3.63) is 63.0 Å². The third kappa shape index (κ3) is 6.31. The van der Waals surface area contributed by atoms with Crippen LogP contribution in [-0.4, -0.2) is 25.3 Å². The van der Waals surface area contributed by atoms with E-state index in [2.05, 4.69) is 42.4 Å². The van der Waals surface area contributed by atoms with Gasteiger partial charge in [0.2, 0.25) is 0 Å². The van der Waals surface area contributed by atoms with Gasteiger partial charge in [-0.25, -0.2) is 5.43 Å². The molecule has 2 aromatic carbocycles. The van der Waals surface area contributed by atoms with Crippen molar-refractivity contribution in [2.24, 2.45) is 5.10 Å². The van der Waals surface area contributed by atoms with E-state index in [0.717, 1.165) is 10.0 Å². The molecule has 0 unspecified atom stereocenters. The maximum absolute atomic E-state index is 11.9. The average Bonchev–Trinajstić information content (AvgIpc) is 2.64. The Labute approximate surface area is 169 Å². The molecule has 0 aromatic heterocycles. The zero-order valence-corrected chi connectivity index (χ0v) is 17.5. The largest absolute Gasteiger partial charge is 0.493 e. The number of amides is 1. The summed E-state index contributed by atoms with van der Waals surface area (Å²) in [5.41, 5.74) is 4.19. The van der Waals surface area contributed by atoms with Crippen LogP contribution in [0.1, 0.15) is 12.5 Å². The Morgan fingerprint density at radius 3 is 2.65 bits per heavy atom. The van der Waals surface area contributed by atoms with Gasteiger partial charge in [0.1, 0.15) is 0 Å². The van der Waals surface area contributed by atoms with Crippen LogP contribution in [0.4, 0.5) is 0 Å². The van der Waals surface area contributed by atoms with Gasteiger partial charge in [-0.3, -0.25) is 4.79 Å². The van der Waals surface area contributed by atoms with Crippen LogP contribution in [0.2, 0.25) is 0 Å². The van der Waals surface area contributed by atoms with Gasteiger partial charge >= 0.3 is 0 Å². The van der Waals surface area contributed by atoms with Gasteiger partial charge in [0.15, 0.2) is 18.1 Å². The van der Waals surface area contributed by atoms with Gasteiger partial charge in [-0.1, -0.05) is 52.3 Å². The fourth-order valence-electron chi connectivity index (χ4n) is 1.97. The third-order valence-electron chi connectivity index (χ3n) is 3.22. The number of ether oxygens (including phenoxy) is 2. The van der Waals surface area contributed by atoms with Gasteiger partial charge in [0.05, 0.1) is 17.3 Å². The van der Waals surface area contributed by atoms with Crippen molar-refractivity contribution < 1.29 is 14.3 Å². The molecule has 0 bridgehead atoms. The number of carbonyl (C=O) groups is 1. The monoisotopic (exact) mass is 480 g/mol. The second-order valence-electron chi connectivity index (χ2n) is 5.24. The van der Waals surface area contributed by atoms with Crippen LogP contribution in [0, 0.1) is 0 Å². The number of hydrogen-bond acceptors (Lipinski definition) is 4. The number of nitrogens with zero attached hydrogens (tertiary/aromatic N) is 1. The van der Waals surface area contributed by atoms with E-state index in [9.17, 15) is 4.79 Å². The van der Waals surface area contributed by atoms with E-state index >= 15 is 0 Å². The lowest BCUT2D eigenvalue weighted by Crippen LogP contribution is -2.25. The van der Waals surface area contributed by atoms with E-state index < -0.39 is 0 Å². The summed E-state index contributed by atoms with van der Waals surface area (Å²) in [6, 6.07) is 13.4. The summed E-state index contributed by atoms with van der Waals surface area (Å²) in [5.74, 6) is 0.606. The van der Waals surface area contributed by atoms with Gasteiger partial charge < -0.3 is 9.47 Å². The summed E-state index contributed by atoms with van der Waals surface area (Å²) < 4.78 is 12.3. The Morgan fingerprint density at radius 2 is 1.96 bits per heavy atom. The summed E-state index contributed by atoms with van der Waals surface area (Å²) in [6.07, 6.45) is 3.75. The Kier molecular flexibility index (Phi) is 7.87. The number of halogens is 2. The molecule has 0 aliphatic heterocycles. The Morgan fingerprint density at radius 1 is 1.23 bits per heavy atom. The lowest BCUT2D eigenvalue weighted by atomic mass is 10.2. The molecule has 1 amide bonds. The number of hydrogen-bond donors (Lipinski definition) is 1. The molecule has 7 heteroatoms. The molecule has 5 nitrogen and oxygen atoms in total. The molecule has 0 aliphatic carbocycles. The van der Waals surface area contributed by atoms with E-state index in [4.69, 9.17) is 9.47 Å². The number of methoxy groups -OCH3 is 1. The van der Waals surface area contributed by atoms with E-state index in [0.29, 0.717) is 21.7 Å². The fourth-order valence-corrected chi connectivity index (χ4v) is 3.27. The lowest BCUT2D eigenvalue weighted by Gasteiger charge is -2.12. The SMILES string of the molecule is COc1cc(Br)cc(Br)c1OCC(=O)N/N=C(C)/C=C/c1ccccc1. The van der Waals surface area contributed by atoms with Gasteiger partial charge in [0, 0.05) is 4.47 Å². The summed E-state index contributed by atoms with van der Waals surface area (Å²) in [7, 11) is 1.54. The molecule has 2 aromatic rings. The summed E-state index contributed by atoms with van der Waals surface area (Å²) in [4.78, 5) is 11.9. The quantitative estimate of drug-likeness (QED) is 0.456. The number of nitrogens with one attached hydrogen (secondary N) is 1. The smallest absolute Gasteiger partial charge is 0.277 e. The highest BCUT2D eigenvalue weighted by molar-refractivity contribution is 9.11. The Balaban J connectivity index is 1.90. The molecular formula is C19H18Br2N2O3. The van der Waals surface area contributed by atoms with Gasteiger partial charge in [-0.05, 0) is 46.6 Å². The van der Waals surface area contributed by atoms with Crippen molar-refractivity contribution in [2.45, 2.75) is 6.92 Å². The zero-order valence-electron chi connectivity index (χ0n) is 14.3. The van der Waals surface area contributed by atoms with Crippen molar-refractivity contribution in [2.75, 3.05) is 13.7 Å². The molecule has 0 fully saturated rings. The molecule has 136 valence electrons. The minimum absolute atomic E-state index is 0.185. The second-order valence-corrected chi connectivity index (χ2v) is 7.01. The predicted octanol–water partition coefficient (Wildman–Crippen LogP) is 4.80. The topological polar surface area (TPSA) is 59.9 Å². The van der Waals surface area contributed by atoms with Crippen molar-refractivity contribution in [3.8, 4) is 11.5 Å². The second kappa shape index (κ2) is 10.1. The number of allylic oxidation sites excluding steroid dienone is 1. The molecule has 0 radical (unpaired) electrons. The lowest BCUT2D eigenvalue weighted by molar-refractivity contribution is -0.123. The zero-order chi connectivity index (χ0) is 18.9. The molecule has 0 atom stereocenters. The van der Waals surface area contributed by atoms with Crippen LogP contribution in [0.25, 0.3) is 6.08 Å². The average molecular weight is 482 g/mol. The van der Waals surface area contributed by atoms with Crippen LogP contribution < -0.4 is 14.9 Å². The van der Waals surface area contributed by atoms with E-state index in [1.807, 2.05) is 48.6 Å². The highest BCUT2D eigenvalue weighted by atomic mass is 79.9. The van der Waals surface area contributed by atoms with E-state index in [-0.39, 0.29) is 12.5 Å². The van der Waals surface area contributed by atoms with Crippen LogP contribution >= 0.6 is 31.9 Å². The molecule has 2 rings (SSSR count). The standard InChI is InChI=1S/C19H18Br2N2O3/c1-13(8-9-14-6-4-3-5-7-14)22-23-18(24)12-26-19-16(21)10-15(20)11-17(19)25-2/h3-11H,12H2,1-2H3,(H,23,24)/b9-8+,22-13+. The predicted molar refractivity (Wildman–Crippen MR) is 111 cm³/mol. The first-order valence-corrected chi connectivity index (χ1v) is 9.30. The minimum Gasteiger partial charge on any atom is -0.493 e. The van der Waals surface area contributed by atoms with E-state index in [1.165, 1.54) is 7.11 Å².